The largest absolute Gasteiger partial charge is 0.459 e. The number of cyclic esters (lactones) is 1. The highest BCUT2D eigenvalue weighted by Gasteiger charge is 2.37. The van der Waals surface area contributed by atoms with Crippen molar-refractivity contribution in [2.24, 2.45) is 5.92 Å². The lowest BCUT2D eigenvalue weighted by molar-refractivity contribution is -0.138. The van der Waals surface area contributed by atoms with E-state index in [0.717, 1.165) is 15.4 Å². The van der Waals surface area contributed by atoms with Gasteiger partial charge in [-0.2, -0.15) is 0 Å². The standard InChI is InChI=1S/C8H10Br2O2/c1-4(10)7-6(3-9)5(2)12-8(7)11/h5-6H,3H2,1-2H3/b7-4+/t5-,6+/m1/s1. The van der Waals surface area contributed by atoms with Gasteiger partial charge in [-0.05, 0) is 13.8 Å². The third kappa shape index (κ3) is 1.74. The maximum atomic E-state index is 11.3. The van der Waals surface area contributed by atoms with Gasteiger partial charge >= 0.3 is 5.97 Å². The molecule has 0 aromatic heterocycles. The Labute approximate surface area is 88.6 Å². The molecule has 0 saturated carbocycles. The monoisotopic (exact) mass is 296 g/mol. The third-order valence-electron chi connectivity index (χ3n) is 1.99. The van der Waals surface area contributed by atoms with Gasteiger partial charge in [-0.1, -0.05) is 31.9 Å². The number of halogens is 2. The smallest absolute Gasteiger partial charge is 0.335 e. The van der Waals surface area contributed by atoms with Crippen LogP contribution in [0.25, 0.3) is 0 Å². The first-order chi connectivity index (χ1) is 5.57. The molecule has 0 aliphatic carbocycles. The Hall–Kier alpha value is 0.170. The van der Waals surface area contributed by atoms with E-state index >= 15 is 0 Å². The quantitative estimate of drug-likeness (QED) is 0.422. The van der Waals surface area contributed by atoms with E-state index in [1.807, 2.05) is 13.8 Å². The molecule has 0 radical (unpaired) electrons. The van der Waals surface area contributed by atoms with Gasteiger partial charge in [0, 0.05) is 15.7 Å². The number of hydrogen-bond acceptors (Lipinski definition) is 2. The third-order valence-corrected chi connectivity index (χ3v) is 3.11. The van der Waals surface area contributed by atoms with Crippen molar-refractivity contribution < 1.29 is 9.53 Å². The number of ether oxygens (including phenoxy) is 1. The minimum Gasteiger partial charge on any atom is -0.459 e. The number of allylic oxidation sites excluding steroid dienone is 1. The Balaban J connectivity index is 2.98. The first-order valence-electron chi connectivity index (χ1n) is 3.71. The summed E-state index contributed by atoms with van der Waals surface area (Å²) in [4.78, 5) is 11.3. The van der Waals surface area contributed by atoms with Crippen molar-refractivity contribution in [2.75, 3.05) is 5.33 Å². The number of hydrogen-bond donors (Lipinski definition) is 0. The van der Waals surface area contributed by atoms with Crippen LogP contribution in [0, 0.1) is 5.92 Å². The first-order valence-corrected chi connectivity index (χ1v) is 5.62. The predicted octanol–water partition coefficient (Wildman–Crippen LogP) is 2.61. The van der Waals surface area contributed by atoms with Crippen LogP contribution in [-0.2, 0) is 9.53 Å². The van der Waals surface area contributed by atoms with E-state index in [0.29, 0.717) is 0 Å². The molecule has 0 bridgehead atoms. The molecule has 1 aliphatic rings. The molecule has 1 saturated heterocycles. The second-order valence-electron chi connectivity index (χ2n) is 2.82. The summed E-state index contributed by atoms with van der Waals surface area (Å²) in [6.07, 6.45) is -0.0145. The molecule has 1 fully saturated rings. The van der Waals surface area contributed by atoms with E-state index in [-0.39, 0.29) is 18.0 Å². The molecule has 12 heavy (non-hydrogen) atoms. The Bertz CT molecular complexity index is 231. The predicted molar refractivity (Wildman–Crippen MR) is 54.5 cm³/mol. The molecule has 1 heterocycles. The molecule has 1 aliphatic heterocycles. The zero-order valence-electron chi connectivity index (χ0n) is 6.93. The fourth-order valence-electron chi connectivity index (χ4n) is 1.30. The summed E-state index contributed by atoms with van der Waals surface area (Å²) < 4.78 is 5.96. The average Bonchev–Trinajstić information content (AvgIpc) is 2.24. The SMILES string of the molecule is C/C(Br)=C1\C(=O)O[C@H](C)[C@@H]1CBr. The first kappa shape index (κ1) is 10.3. The van der Waals surface area contributed by atoms with E-state index in [1.54, 1.807) is 0 Å². The van der Waals surface area contributed by atoms with Crippen molar-refractivity contribution in [1.82, 2.24) is 0 Å². The molecule has 0 spiro atoms. The number of rotatable bonds is 1. The Morgan fingerprint density at radius 2 is 2.25 bits per heavy atom. The second kappa shape index (κ2) is 3.92. The summed E-state index contributed by atoms with van der Waals surface area (Å²) in [6, 6.07) is 0. The molecule has 0 aromatic carbocycles. The van der Waals surface area contributed by atoms with Crippen LogP contribution in [0.2, 0.25) is 0 Å². The summed E-state index contributed by atoms with van der Waals surface area (Å²) in [6.45, 7) is 3.77. The molecular formula is C8H10Br2O2. The molecular weight excluding hydrogens is 288 g/mol. The van der Waals surface area contributed by atoms with Gasteiger partial charge in [0.05, 0.1) is 5.57 Å². The van der Waals surface area contributed by atoms with Crippen molar-refractivity contribution in [1.29, 1.82) is 0 Å². The molecule has 1 rings (SSSR count). The topological polar surface area (TPSA) is 26.3 Å². The summed E-state index contributed by atoms with van der Waals surface area (Å²) in [7, 11) is 0. The van der Waals surface area contributed by atoms with Gasteiger partial charge in [-0.25, -0.2) is 4.79 Å². The lowest BCUT2D eigenvalue weighted by Crippen LogP contribution is -2.13. The minimum atomic E-state index is -0.193. The van der Waals surface area contributed by atoms with E-state index < -0.39 is 0 Å². The fraction of sp³-hybridized carbons (Fsp3) is 0.625. The lowest BCUT2D eigenvalue weighted by Gasteiger charge is -2.09. The molecule has 0 unspecified atom stereocenters. The highest BCUT2D eigenvalue weighted by atomic mass is 79.9. The average molecular weight is 298 g/mol. The maximum Gasteiger partial charge on any atom is 0.335 e. The molecule has 2 nitrogen and oxygen atoms in total. The van der Waals surface area contributed by atoms with Gasteiger partial charge in [0.1, 0.15) is 6.10 Å². The van der Waals surface area contributed by atoms with Gasteiger partial charge in [0.2, 0.25) is 0 Å². The highest BCUT2D eigenvalue weighted by molar-refractivity contribution is 9.11. The summed E-state index contributed by atoms with van der Waals surface area (Å²) in [5, 5.41) is 0.762. The molecule has 0 aromatic rings. The number of esters is 1. The molecule has 0 N–H and O–H groups in total. The van der Waals surface area contributed by atoms with Crippen molar-refractivity contribution in [2.45, 2.75) is 20.0 Å². The van der Waals surface area contributed by atoms with Gasteiger partial charge in [0.15, 0.2) is 0 Å². The van der Waals surface area contributed by atoms with E-state index in [9.17, 15) is 4.79 Å². The Morgan fingerprint density at radius 1 is 1.67 bits per heavy atom. The van der Waals surface area contributed by atoms with Crippen LogP contribution >= 0.6 is 31.9 Å². The van der Waals surface area contributed by atoms with Crippen molar-refractivity contribution in [3.05, 3.63) is 10.1 Å². The summed E-state index contributed by atoms with van der Waals surface area (Å²) >= 11 is 6.67. The maximum absolute atomic E-state index is 11.3. The Kier molecular flexibility index (Phi) is 3.35. The van der Waals surface area contributed by atoms with Gasteiger partial charge in [-0.3, -0.25) is 0 Å². The molecule has 4 heteroatoms. The lowest BCUT2D eigenvalue weighted by atomic mass is 9.99. The van der Waals surface area contributed by atoms with Crippen LogP contribution in [0.5, 0.6) is 0 Å². The highest BCUT2D eigenvalue weighted by Crippen LogP contribution is 2.33. The van der Waals surface area contributed by atoms with E-state index in [1.165, 1.54) is 0 Å². The van der Waals surface area contributed by atoms with E-state index in [4.69, 9.17) is 4.74 Å². The van der Waals surface area contributed by atoms with Crippen molar-refractivity contribution in [3.8, 4) is 0 Å². The molecule has 2 atom stereocenters. The Morgan fingerprint density at radius 3 is 2.58 bits per heavy atom. The molecule has 0 amide bonds. The summed E-state index contributed by atoms with van der Waals surface area (Å²) in [5.74, 6) is -0.0156. The van der Waals surface area contributed by atoms with Crippen molar-refractivity contribution in [3.63, 3.8) is 0 Å². The van der Waals surface area contributed by atoms with Crippen LogP contribution in [0.4, 0.5) is 0 Å². The second-order valence-corrected chi connectivity index (χ2v) is 4.66. The zero-order chi connectivity index (χ0) is 9.30. The van der Waals surface area contributed by atoms with Gasteiger partial charge in [0.25, 0.3) is 0 Å². The van der Waals surface area contributed by atoms with Gasteiger partial charge < -0.3 is 4.74 Å². The van der Waals surface area contributed by atoms with E-state index in [2.05, 4.69) is 31.9 Å². The molecule has 68 valence electrons. The number of alkyl halides is 1. The number of carbonyl (C=O) groups excluding carboxylic acids is 1. The normalized spacial score (nSPS) is 33.5. The van der Waals surface area contributed by atoms with Crippen LogP contribution in [0.3, 0.4) is 0 Å². The van der Waals surface area contributed by atoms with Gasteiger partial charge in [-0.15, -0.1) is 0 Å². The van der Waals surface area contributed by atoms with Crippen LogP contribution in [0.15, 0.2) is 10.1 Å². The number of carbonyl (C=O) groups is 1. The van der Waals surface area contributed by atoms with Crippen LogP contribution in [0.1, 0.15) is 13.8 Å². The fourth-order valence-corrected chi connectivity index (χ4v) is 2.61. The zero-order valence-corrected chi connectivity index (χ0v) is 10.1. The van der Waals surface area contributed by atoms with Crippen LogP contribution < -0.4 is 0 Å². The van der Waals surface area contributed by atoms with Crippen molar-refractivity contribution >= 4 is 37.8 Å². The van der Waals surface area contributed by atoms with Crippen LogP contribution in [-0.4, -0.2) is 17.4 Å². The summed E-state index contributed by atoms with van der Waals surface area (Å²) in [5.41, 5.74) is 0.763. The minimum absolute atomic E-state index is 0.0145.